The van der Waals surface area contributed by atoms with Crippen LogP contribution in [0.2, 0.25) is 0 Å². The molecule has 2 aliphatic heterocycles. The van der Waals surface area contributed by atoms with Gasteiger partial charge in [-0.2, -0.15) is 5.01 Å². The van der Waals surface area contributed by atoms with Crippen LogP contribution in [0.1, 0.15) is 13.8 Å². The molecule has 0 aromatic heterocycles. The molecule has 2 aliphatic rings. The van der Waals surface area contributed by atoms with Gasteiger partial charge in [0.1, 0.15) is 0 Å². The van der Waals surface area contributed by atoms with Crippen LogP contribution in [0.5, 0.6) is 0 Å². The van der Waals surface area contributed by atoms with Crippen LogP contribution in [-0.2, 0) is 0 Å². The zero-order valence-electron chi connectivity index (χ0n) is 8.41. The monoisotopic (exact) mass is 200 g/mol. The van der Waals surface area contributed by atoms with Crippen LogP contribution in [0.15, 0.2) is 0 Å². The van der Waals surface area contributed by atoms with Crippen molar-refractivity contribution >= 4 is 6.03 Å². The zero-order valence-corrected chi connectivity index (χ0v) is 8.41. The maximum atomic E-state index is 11.3. The SMILES string of the molecule is CC1C[NH+]([O-])CN2NC(=O)NC(C)C12. The van der Waals surface area contributed by atoms with Gasteiger partial charge >= 0.3 is 6.03 Å². The molecule has 0 aromatic rings. The van der Waals surface area contributed by atoms with Crippen LogP contribution in [0.4, 0.5) is 4.79 Å². The molecule has 14 heavy (non-hydrogen) atoms. The van der Waals surface area contributed by atoms with Crippen LogP contribution in [-0.4, -0.2) is 36.3 Å². The molecule has 2 amide bonds. The quantitative estimate of drug-likeness (QED) is 0.407. The summed E-state index contributed by atoms with van der Waals surface area (Å²) in [5.74, 6) is 0.291. The van der Waals surface area contributed by atoms with Gasteiger partial charge in [0, 0.05) is 12.0 Å². The first-order valence-electron chi connectivity index (χ1n) is 4.93. The number of hydrogen-bond donors (Lipinski definition) is 3. The fraction of sp³-hybridized carbons (Fsp3) is 0.875. The minimum atomic E-state index is -0.212. The third kappa shape index (κ3) is 1.56. The van der Waals surface area contributed by atoms with Crippen LogP contribution in [0.25, 0.3) is 0 Å². The third-order valence-corrected chi connectivity index (χ3v) is 2.96. The second kappa shape index (κ2) is 3.38. The van der Waals surface area contributed by atoms with Gasteiger partial charge < -0.3 is 15.6 Å². The first-order chi connectivity index (χ1) is 6.58. The zero-order chi connectivity index (χ0) is 10.3. The largest absolute Gasteiger partial charge is 0.633 e. The van der Waals surface area contributed by atoms with Gasteiger partial charge in [0.15, 0.2) is 6.67 Å². The Morgan fingerprint density at radius 1 is 1.57 bits per heavy atom. The summed E-state index contributed by atoms with van der Waals surface area (Å²) in [6.45, 7) is 4.98. The van der Waals surface area contributed by atoms with Crippen molar-refractivity contribution in [2.24, 2.45) is 5.92 Å². The standard InChI is InChI=1S/C8H16N4O2/c1-5-3-11(14)4-12-7(5)6(2)9-8(13)10-12/h5-7,11H,3-4H2,1-2H3,(H2,9,10,13). The van der Waals surface area contributed by atoms with Gasteiger partial charge in [0.2, 0.25) is 0 Å². The summed E-state index contributed by atoms with van der Waals surface area (Å²) >= 11 is 0. The Morgan fingerprint density at radius 2 is 2.29 bits per heavy atom. The van der Waals surface area contributed by atoms with Crippen molar-refractivity contribution in [2.75, 3.05) is 13.2 Å². The Bertz CT molecular complexity index is 247. The van der Waals surface area contributed by atoms with Crippen molar-refractivity contribution in [3.05, 3.63) is 5.21 Å². The van der Waals surface area contributed by atoms with Gasteiger partial charge in [-0.3, -0.25) is 5.43 Å². The number of quaternary nitrogens is 1. The van der Waals surface area contributed by atoms with E-state index < -0.39 is 0 Å². The molecule has 6 nitrogen and oxygen atoms in total. The first-order valence-corrected chi connectivity index (χ1v) is 4.93. The molecule has 4 unspecified atom stereocenters. The van der Waals surface area contributed by atoms with E-state index in [0.717, 1.165) is 0 Å². The smallest absolute Gasteiger partial charge is 0.329 e. The number of hydrogen-bond acceptors (Lipinski definition) is 3. The minimum absolute atomic E-state index is 0.104. The van der Waals surface area contributed by atoms with E-state index in [0.29, 0.717) is 19.1 Å². The topological polar surface area (TPSA) is 71.9 Å². The van der Waals surface area contributed by atoms with Crippen LogP contribution in [0, 0.1) is 11.1 Å². The van der Waals surface area contributed by atoms with Crippen molar-refractivity contribution in [3.8, 4) is 0 Å². The summed E-state index contributed by atoms with van der Waals surface area (Å²) in [5, 5.41) is 16.1. The second-order valence-corrected chi connectivity index (χ2v) is 4.21. The average molecular weight is 200 g/mol. The average Bonchev–Trinajstić information content (AvgIpc) is 1.99. The summed E-state index contributed by atoms with van der Waals surface area (Å²) < 4.78 is 0. The van der Waals surface area contributed by atoms with E-state index in [9.17, 15) is 10.0 Å². The van der Waals surface area contributed by atoms with Gasteiger partial charge in [-0.1, -0.05) is 6.92 Å². The number of nitrogens with one attached hydrogen (secondary N) is 3. The minimum Gasteiger partial charge on any atom is -0.633 e. The molecule has 0 bridgehead atoms. The number of nitrogens with zero attached hydrogens (tertiary/aromatic N) is 1. The number of carbonyl (C=O) groups is 1. The Hall–Kier alpha value is -0.850. The Kier molecular flexibility index (Phi) is 2.34. The highest BCUT2D eigenvalue weighted by Gasteiger charge is 2.40. The number of carbonyl (C=O) groups excluding carboxylic acids is 1. The van der Waals surface area contributed by atoms with Crippen molar-refractivity contribution in [2.45, 2.75) is 25.9 Å². The highest BCUT2D eigenvalue weighted by atomic mass is 16.5. The Morgan fingerprint density at radius 3 is 3.00 bits per heavy atom. The summed E-state index contributed by atoms with van der Waals surface area (Å²) in [6.07, 6.45) is 0. The van der Waals surface area contributed by atoms with Gasteiger partial charge in [0.05, 0.1) is 12.6 Å². The molecule has 2 rings (SSSR count). The summed E-state index contributed by atoms with van der Waals surface area (Å²) in [4.78, 5) is 11.2. The van der Waals surface area contributed by atoms with E-state index in [4.69, 9.17) is 0 Å². The van der Waals surface area contributed by atoms with E-state index >= 15 is 0 Å². The Labute approximate surface area is 82.8 Å². The molecular weight excluding hydrogens is 184 g/mol. The predicted molar refractivity (Wildman–Crippen MR) is 50.0 cm³/mol. The molecule has 0 radical (unpaired) electrons. The number of urea groups is 1. The lowest BCUT2D eigenvalue weighted by molar-refractivity contribution is -0.873. The predicted octanol–water partition coefficient (Wildman–Crippen LogP) is -1.74. The van der Waals surface area contributed by atoms with Crippen molar-refractivity contribution in [3.63, 3.8) is 0 Å². The highest BCUT2D eigenvalue weighted by molar-refractivity contribution is 5.74. The lowest BCUT2D eigenvalue weighted by Crippen LogP contribution is -3.13. The fourth-order valence-corrected chi connectivity index (χ4v) is 2.48. The molecule has 0 aromatic carbocycles. The fourth-order valence-electron chi connectivity index (χ4n) is 2.48. The van der Waals surface area contributed by atoms with Crippen LogP contribution >= 0.6 is 0 Å². The van der Waals surface area contributed by atoms with Crippen LogP contribution in [0.3, 0.4) is 0 Å². The first kappa shape index (κ1) is 9.70. The van der Waals surface area contributed by atoms with Gasteiger partial charge in [-0.15, -0.1) is 0 Å². The lowest BCUT2D eigenvalue weighted by Gasteiger charge is -2.48. The van der Waals surface area contributed by atoms with Gasteiger partial charge in [-0.05, 0) is 6.92 Å². The molecule has 80 valence electrons. The summed E-state index contributed by atoms with van der Waals surface area (Å²) in [7, 11) is 0. The molecule has 6 heteroatoms. The van der Waals surface area contributed by atoms with E-state index in [-0.39, 0.29) is 23.2 Å². The van der Waals surface area contributed by atoms with Crippen molar-refractivity contribution in [1.29, 1.82) is 0 Å². The van der Waals surface area contributed by atoms with Crippen LogP contribution < -0.4 is 15.8 Å². The summed E-state index contributed by atoms with van der Waals surface area (Å²) in [5.41, 5.74) is 2.67. The Balaban J connectivity index is 2.14. The molecule has 2 heterocycles. The van der Waals surface area contributed by atoms with E-state index in [2.05, 4.69) is 10.7 Å². The third-order valence-electron chi connectivity index (χ3n) is 2.96. The molecule has 2 fully saturated rings. The van der Waals surface area contributed by atoms with Crippen molar-refractivity contribution < 1.29 is 9.86 Å². The molecule has 4 atom stereocenters. The molecular formula is C8H16N4O2. The number of fused-ring (bicyclic) bond motifs is 1. The van der Waals surface area contributed by atoms with Gasteiger partial charge in [0.25, 0.3) is 0 Å². The normalized spacial score (nSPS) is 43.8. The van der Waals surface area contributed by atoms with E-state index in [1.165, 1.54) is 0 Å². The van der Waals surface area contributed by atoms with Gasteiger partial charge in [-0.25, -0.2) is 4.79 Å². The highest BCUT2D eigenvalue weighted by Crippen LogP contribution is 2.16. The summed E-state index contributed by atoms with van der Waals surface area (Å²) in [6, 6.07) is 0.118. The second-order valence-electron chi connectivity index (χ2n) is 4.21. The lowest BCUT2D eigenvalue weighted by atomic mass is 9.93. The molecule has 0 saturated carbocycles. The number of rotatable bonds is 0. The van der Waals surface area contributed by atoms with E-state index in [1.54, 1.807) is 5.01 Å². The maximum absolute atomic E-state index is 11.3. The number of amides is 2. The molecule has 3 N–H and O–H groups in total. The van der Waals surface area contributed by atoms with Crippen molar-refractivity contribution in [1.82, 2.24) is 15.8 Å². The number of hydroxylamine groups is 2. The maximum Gasteiger partial charge on any atom is 0.329 e. The van der Waals surface area contributed by atoms with E-state index in [1.807, 2.05) is 13.8 Å². The number of hydrazine groups is 1. The molecule has 0 spiro atoms. The molecule has 2 saturated heterocycles. The molecule has 0 aliphatic carbocycles.